The van der Waals surface area contributed by atoms with E-state index in [0.29, 0.717) is 42.3 Å². The minimum atomic E-state index is -0.708. The van der Waals surface area contributed by atoms with E-state index in [2.05, 4.69) is 5.32 Å². The smallest absolute Gasteiger partial charge is 0.338 e. The van der Waals surface area contributed by atoms with Crippen LogP contribution in [0.3, 0.4) is 0 Å². The van der Waals surface area contributed by atoms with Crippen LogP contribution in [-0.4, -0.2) is 65.5 Å². The highest BCUT2D eigenvalue weighted by atomic mass is 32.1. The average Bonchev–Trinajstić information content (AvgIpc) is 3.19. The molecule has 9 heteroatoms. The van der Waals surface area contributed by atoms with Crippen molar-refractivity contribution in [3.05, 3.63) is 95.6 Å². The van der Waals surface area contributed by atoms with Crippen molar-refractivity contribution in [1.29, 1.82) is 0 Å². The van der Waals surface area contributed by atoms with Gasteiger partial charge in [-0.15, -0.1) is 0 Å². The Hall–Kier alpha value is -4.24. The molecule has 0 aromatic heterocycles. The van der Waals surface area contributed by atoms with Crippen molar-refractivity contribution in [3.8, 4) is 5.75 Å². The zero-order valence-corrected chi connectivity index (χ0v) is 23.5. The molecule has 2 amide bonds. The molecule has 0 unspecified atom stereocenters. The predicted molar refractivity (Wildman–Crippen MR) is 157 cm³/mol. The zero-order valence-electron chi connectivity index (χ0n) is 22.7. The van der Waals surface area contributed by atoms with Crippen molar-refractivity contribution in [2.75, 3.05) is 32.1 Å². The van der Waals surface area contributed by atoms with E-state index in [1.54, 1.807) is 43.2 Å². The predicted octanol–water partition coefficient (Wildman–Crippen LogP) is 4.48. The maximum Gasteiger partial charge on any atom is 0.338 e. The molecule has 1 heterocycles. The first kappa shape index (κ1) is 28.8. The number of ether oxygens (including phenoxy) is 2. The summed E-state index contributed by atoms with van der Waals surface area (Å²) in [5, 5.41) is 3.27. The van der Waals surface area contributed by atoms with Gasteiger partial charge >= 0.3 is 5.97 Å². The molecule has 1 N–H and O–H groups in total. The molecule has 1 aliphatic heterocycles. The molecule has 1 aliphatic rings. The summed E-state index contributed by atoms with van der Waals surface area (Å²) < 4.78 is 10.2. The Bertz CT molecular complexity index is 1330. The third-order valence-corrected chi connectivity index (χ3v) is 7.18. The lowest BCUT2D eigenvalue weighted by molar-refractivity contribution is -0.130. The number of nitrogens with zero attached hydrogens (tertiary/aromatic N) is 2. The molecule has 3 aromatic rings. The first-order valence-electron chi connectivity index (χ1n) is 13.3. The highest BCUT2D eigenvalue weighted by Gasteiger charge is 2.42. The molecule has 208 valence electrons. The van der Waals surface area contributed by atoms with Gasteiger partial charge < -0.3 is 19.7 Å². The van der Waals surface area contributed by atoms with Crippen molar-refractivity contribution in [3.63, 3.8) is 0 Å². The molecule has 3 aromatic carbocycles. The van der Waals surface area contributed by atoms with Gasteiger partial charge in [0, 0.05) is 18.8 Å². The summed E-state index contributed by atoms with van der Waals surface area (Å²) in [6.45, 7) is 2.95. The number of carbonyl (C=O) groups is 3. The number of benzene rings is 3. The topological polar surface area (TPSA) is 88.2 Å². The van der Waals surface area contributed by atoms with Crippen LogP contribution in [0.25, 0.3) is 0 Å². The Morgan fingerprint density at radius 3 is 2.20 bits per heavy atom. The number of hydrogen-bond donors (Lipinski definition) is 1. The van der Waals surface area contributed by atoms with Gasteiger partial charge in [0.2, 0.25) is 5.91 Å². The largest absolute Gasteiger partial charge is 0.497 e. The fourth-order valence-electron chi connectivity index (χ4n) is 4.57. The van der Waals surface area contributed by atoms with Crippen LogP contribution >= 0.6 is 12.2 Å². The van der Waals surface area contributed by atoms with Gasteiger partial charge in [0.15, 0.2) is 5.11 Å². The lowest BCUT2D eigenvalue weighted by Crippen LogP contribution is -2.39. The van der Waals surface area contributed by atoms with Crippen molar-refractivity contribution in [2.45, 2.75) is 32.2 Å². The number of carbonyl (C=O) groups excluding carboxylic acids is 3. The molecule has 1 saturated heterocycles. The maximum absolute atomic E-state index is 13.6. The minimum absolute atomic E-state index is 0.0525. The molecule has 1 atom stereocenters. The first-order valence-corrected chi connectivity index (χ1v) is 13.7. The Labute approximate surface area is 239 Å². The number of nitrogens with one attached hydrogen (secondary N) is 1. The number of amides is 2. The Morgan fingerprint density at radius 1 is 0.900 bits per heavy atom. The fourth-order valence-corrected chi connectivity index (χ4v) is 4.97. The normalized spacial score (nSPS) is 14.8. The Kier molecular flexibility index (Phi) is 9.86. The summed E-state index contributed by atoms with van der Waals surface area (Å²) in [5.74, 6) is -0.144. The Morgan fingerprint density at radius 2 is 1.55 bits per heavy atom. The SMILES string of the molecule is CCOC(=O)c1ccc(NC(=O)C[C@H]2C(=O)N(CCc3ccccc3)C(=S)N2CCc2ccc(OC)cc2)cc1. The molecule has 0 radical (unpaired) electrons. The molecule has 0 saturated carbocycles. The zero-order chi connectivity index (χ0) is 28.5. The van der Waals surface area contributed by atoms with Crippen molar-refractivity contribution >= 4 is 40.8 Å². The standard InChI is InChI=1S/C31H33N3O5S/c1-3-39-30(37)24-11-13-25(14-12-24)32-28(35)21-27-29(36)34(20-18-22-7-5-4-6-8-22)31(40)33(27)19-17-23-9-15-26(38-2)16-10-23/h4-16,27H,3,17-21H2,1-2H3,(H,32,35)/t27-/m0/s1. The summed E-state index contributed by atoms with van der Waals surface area (Å²) in [6, 6.07) is 23.4. The van der Waals surface area contributed by atoms with Crippen LogP contribution < -0.4 is 10.1 Å². The fraction of sp³-hybridized carbons (Fsp3) is 0.290. The van der Waals surface area contributed by atoms with Gasteiger partial charge in [-0.05, 0) is 79.5 Å². The van der Waals surface area contributed by atoms with Crippen LogP contribution in [0.4, 0.5) is 5.69 Å². The van der Waals surface area contributed by atoms with Crippen LogP contribution in [0.15, 0.2) is 78.9 Å². The summed E-state index contributed by atoms with van der Waals surface area (Å²) in [5.41, 5.74) is 3.10. The molecular weight excluding hydrogens is 526 g/mol. The number of methoxy groups -OCH3 is 1. The molecular formula is C31H33N3O5S. The highest BCUT2D eigenvalue weighted by Crippen LogP contribution is 2.23. The Balaban J connectivity index is 1.45. The first-order chi connectivity index (χ1) is 19.4. The molecule has 40 heavy (non-hydrogen) atoms. The van der Waals surface area contributed by atoms with Gasteiger partial charge in [0.25, 0.3) is 5.91 Å². The van der Waals surface area contributed by atoms with Gasteiger partial charge in [-0.1, -0.05) is 42.5 Å². The molecule has 1 fully saturated rings. The number of esters is 1. The second-order valence-corrected chi connectivity index (χ2v) is 9.73. The summed E-state index contributed by atoms with van der Waals surface area (Å²) in [4.78, 5) is 42.0. The van der Waals surface area contributed by atoms with Crippen LogP contribution in [0.1, 0.15) is 34.8 Å². The lowest BCUT2D eigenvalue weighted by atomic mass is 10.1. The number of rotatable bonds is 12. The van der Waals surface area contributed by atoms with E-state index in [-0.39, 0.29) is 24.8 Å². The van der Waals surface area contributed by atoms with E-state index >= 15 is 0 Å². The van der Waals surface area contributed by atoms with E-state index in [1.165, 1.54) is 0 Å². The second kappa shape index (κ2) is 13.7. The van der Waals surface area contributed by atoms with E-state index in [9.17, 15) is 14.4 Å². The van der Waals surface area contributed by atoms with Gasteiger partial charge in [-0.3, -0.25) is 14.5 Å². The van der Waals surface area contributed by atoms with Gasteiger partial charge in [0.1, 0.15) is 11.8 Å². The van der Waals surface area contributed by atoms with Crippen LogP contribution in [0.2, 0.25) is 0 Å². The summed E-state index contributed by atoms with van der Waals surface area (Å²) >= 11 is 5.76. The third kappa shape index (κ3) is 7.24. The maximum atomic E-state index is 13.6. The number of hydrogen-bond acceptors (Lipinski definition) is 6. The van der Waals surface area contributed by atoms with Gasteiger partial charge in [-0.2, -0.15) is 0 Å². The van der Waals surface area contributed by atoms with Gasteiger partial charge in [-0.25, -0.2) is 4.79 Å². The van der Waals surface area contributed by atoms with Crippen LogP contribution in [-0.2, 0) is 27.2 Å². The van der Waals surface area contributed by atoms with E-state index < -0.39 is 12.0 Å². The van der Waals surface area contributed by atoms with Crippen LogP contribution in [0.5, 0.6) is 5.75 Å². The van der Waals surface area contributed by atoms with E-state index in [1.807, 2.05) is 59.5 Å². The van der Waals surface area contributed by atoms with Crippen molar-refractivity contribution < 1.29 is 23.9 Å². The molecule has 8 nitrogen and oxygen atoms in total. The number of anilines is 1. The number of thiocarbonyl (C=S) groups is 1. The summed E-state index contributed by atoms with van der Waals surface area (Å²) in [6.07, 6.45) is 1.26. The third-order valence-electron chi connectivity index (χ3n) is 6.73. The molecule has 0 bridgehead atoms. The second-order valence-electron chi connectivity index (χ2n) is 9.37. The molecule has 0 aliphatic carbocycles. The van der Waals surface area contributed by atoms with E-state index in [0.717, 1.165) is 16.9 Å². The molecule has 4 rings (SSSR count). The summed E-state index contributed by atoms with van der Waals surface area (Å²) in [7, 11) is 1.62. The lowest BCUT2D eigenvalue weighted by Gasteiger charge is -2.24. The molecule has 0 spiro atoms. The van der Waals surface area contributed by atoms with Crippen molar-refractivity contribution in [2.24, 2.45) is 0 Å². The quantitative estimate of drug-likeness (QED) is 0.259. The van der Waals surface area contributed by atoms with Crippen molar-refractivity contribution in [1.82, 2.24) is 9.80 Å². The van der Waals surface area contributed by atoms with Gasteiger partial charge in [0.05, 0.1) is 25.7 Å². The van der Waals surface area contributed by atoms with Crippen LogP contribution in [0, 0.1) is 0 Å². The monoisotopic (exact) mass is 559 g/mol. The minimum Gasteiger partial charge on any atom is -0.497 e. The highest BCUT2D eigenvalue weighted by molar-refractivity contribution is 7.80. The van der Waals surface area contributed by atoms with E-state index in [4.69, 9.17) is 21.7 Å². The average molecular weight is 560 g/mol.